The van der Waals surface area contributed by atoms with E-state index in [0.29, 0.717) is 5.69 Å². The van der Waals surface area contributed by atoms with Crippen LogP contribution in [0.3, 0.4) is 0 Å². The van der Waals surface area contributed by atoms with Crippen LogP contribution in [-0.2, 0) is 19.3 Å². The molecule has 0 atom stereocenters. The van der Waals surface area contributed by atoms with Crippen molar-refractivity contribution >= 4 is 0 Å². The van der Waals surface area contributed by atoms with Crippen LogP contribution >= 0.6 is 0 Å². The summed E-state index contributed by atoms with van der Waals surface area (Å²) in [4.78, 5) is 4.64. The number of nitriles is 1. The highest BCUT2D eigenvalue weighted by Crippen LogP contribution is 2.29. The molecule has 3 nitrogen and oxygen atoms in total. The molecule has 0 aliphatic rings. The Morgan fingerprint density at radius 3 is 2.03 bits per heavy atom. The van der Waals surface area contributed by atoms with Gasteiger partial charge in [0.15, 0.2) is 5.69 Å². The maximum Gasteiger partial charge on any atom is 0.159 e. The zero-order valence-electron chi connectivity index (χ0n) is 17.5. The van der Waals surface area contributed by atoms with Gasteiger partial charge in [0.2, 0.25) is 0 Å². The summed E-state index contributed by atoms with van der Waals surface area (Å²) in [6, 6.07) is 27.6. The first kappa shape index (κ1) is 19.7. The van der Waals surface area contributed by atoms with Crippen molar-refractivity contribution in [3.63, 3.8) is 0 Å². The van der Waals surface area contributed by atoms with Crippen LogP contribution in [0, 0.1) is 11.3 Å². The lowest BCUT2D eigenvalue weighted by Crippen LogP contribution is -2.04. The first-order chi connectivity index (χ1) is 14.7. The molecule has 0 spiro atoms. The molecule has 0 radical (unpaired) electrons. The molecule has 3 aromatic carbocycles. The number of nitrogens with zero attached hydrogens (tertiary/aromatic N) is 3. The normalized spacial score (nSPS) is 10.7. The van der Waals surface area contributed by atoms with Gasteiger partial charge in [0.1, 0.15) is 11.9 Å². The fourth-order valence-electron chi connectivity index (χ4n) is 3.94. The molecule has 0 amide bonds. The Kier molecular flexibility index (Phi) is 5.77. The van der Waals surface area contributed by atoms with Crippen molar-refractivity contribution in [2.45, 2.75) is 33.1 Å². The molecule has 0 saturated carbocycles. The quantitative estimate of drug-likeness (QED) is 0.397. The maximum absolute atomic E-state index is 9.50. The van der Waals surface area contributed by atoms with Crippen LogP contribution in [0.4, 0.5) is 0 Å². The highest BCUT2D eigenvalue weighted by Gasteiger charge is 2.16. The molecule has 30 heavy (non-hydrogen) atoms. The second-order valence-electron chi connectivity index (χ2n) is 7.42. The fraction of sp³-hybridized carbons (Fsp3) is 0.185. The summed E-state index contributed by atoms with van der Waals surface area (Å²) in [6.45, 7) is 4.33. The average molecular weight is 392 g/mol. The number of imidazole rings is 1. The smallest absolute Gasteiger partial charge is 0.159 e. The third-order valence-electron chi connectivity index (χ3n) is 5.49. The minimum atomic E-state index is 0.436. The standard InChI is InChI=1S/C27H25N3/c1-3-22-11-8-12-23(4-2)26(22)30-19-25(18-28)29-27(30)24-15-13-21(14-16-24)17-20-9-6-5-7-10-20/h5-16,19H,3-4,17H2,1-2H3. The number of hydrogen-bond acceptors (Lipinski definition) is 2. The molecule has 0 saturated heterocycles. The number of benzene rings is 3. The summed E-state index contributed by atoms with van der Waals surface area (Å²) in [5.74, 6) is 0.813. The second-order valence-corrected chi connectivity index (χ2v) is 7.42. The average Bonchev–Trinajstić information content (AvgIpc) is 3.23. The van der Waals surface area contributed by atoms with Gasteiger partial charge in [0.25, 0.3) is 0 Å². The van der Waals surface area contributed by atoms with E-state index in [9.17, 15) is 5.26 Å². The van der Waals surface area contributed by atoms with Crippen LogP contribution < -0.4 is 0 Å². The third kappa shape index (κ3) is 3.90. The van der Waals surface area contributed by atoms with Crippen molar-refractivity contribution in [3.8, 4) is 23.1 Å². The van der Waals surface area contributed by atoms with Crippen LogP contribution in [0.1, 0.15) is 41.8 Å². The lowest BCUT2D eigenvalue weighted by molar-refractivity contribution is 0.968. The highest BCUT2D eigenvalue weighted by molar-refractivity contribution is 5.63. The second kappa shape index (κ2) is 8.80. The van der Waals surface area contributed by atoms with Crippen molar-refractivity contribution in [1.29, 1.82) is 5.26 Å². The van der Waals surface area contributed by atoms with Gasteiger partial charge in [-0.2, -0.15) is 5.26 Å². The predicted molar refractivity (Wildman–Crippen MR) is 122 cm³/mol. The van der Waals surface area contributed by atoms with E-state index in [1.54, 1.807) is 0 Å². The first-order valence-corrected chi connectivity index (χ1v) is 10.5. The largest absolute Gasteiger partial charge is 0.298 e. The minimum Gasteiger partial charge on any atom is -0.298 e. The molecular weight excluding hydrogens is 366 g/mol. The third-order valence-corrected chi connectivity index (χ3v) is 5.49. The molecule has 148 valence electrons. The summed E-state index contributed by atoms with van der Waals surface area (Å²) in [5, 5.41) is 9.50. The molecule has 0 fully saturated rings. The van der Waals surface area contributed by atoms with E-state index in [0.717, 1.165) is 36.3 Å². The molecule has 4 aromatic rings. The molecule has 1 heterocycles. The topological polar surface area (TPSA) is 41.6 Å². The van der Waals surface area contributed by atoms with E-state index in [-0.39, 0.29) is 0 Å². The van der Waals surface area contributed by atoms with Gasteiger partial charge in [-0.05, 0) is 41.5 Å². The van der Waals surface area contributed by atoms with Gasteiger partial charge in [-0.15, -0.1) is 0 Å². The van der Waals surface area contributed by atoms with Crippen LogP contribution in [0.2, 0.25) is 0 Å². The molecule has 1 aromatic heterocycles. The van der Waals surface area contributed by atoms with E-state index >= 15 is 0 Å². The number of para-hydroxylation sites is 1. The number of rotatable bonds is 6. The summed E-state index contributed by atoms with van der Waals surface area (Å²) in [7, 11) is 0. The number of aryl methyl sites for hydroxylation is 2. The van der Waals surface area contributed by atoms with E-state index in [1.165, 1.54) is 22.3 Å². The summed E-state index contributed by atoms with van der Waals surface area (Å²) in [5.41, 5.74) is 7.68. The molecular formula is C27H25N3. The Morgan fingerprint density at radius 2 is 1.43 bits per heavy atom. The lowest BCUT2D eigenvalue weighted by Gasteiger charge is -2.16. The van der Waals surface area contributed by atoms with Crippen molar-refractivity contribution in [1.82, 2.24) is 9.55 Å². The zero-order valence-corrected chi connectivity index (χ0v) is 17.5. The van der Waals surface area contributed by atoms with E-state index in [4.69, 9.17) is 0 Å². The van der Waals surface area contributed by atoms with Gasteiger partial charge in [-0.1, -0.05) is 86.6 Å². The molecule has 0 aliphatic heterocycles. The Morgan fingerprint density at radius 1 is 0.800 bits per heavy atom. The Bertz CT molecular complexity index is 1160. The lowest BCUT2D eigenvalue weighted by atomic mass is 10.0. The van der Waals surface area contributed by atoms with Crippen molar-refractivity contribution in [2.75, 3.05) is 0 Å². The number of aromatic nitrogens is 2. The van der Waals surface area contributed by atoms with E-state index in [2.05, 4.69) is 96.2 Å². The monoisotopic (exact) mass is 391 g/mol. The maximum atomic E-state index is 9.50. The molecule has 0 unspecified atom stereocenters. The summed E-state index contributed by atoms with van der Waals surface area (Å²) in [6.07, 6.45) is 4.62. The summed E-state index contributed by atoms with van der Waals surface area (Å²) < 4.78 is 2.10. The first-order valence-electron chi connectivity index (χ1n) is 10.5. The van der Waals surface area contributed by atoms with Crippen molar-refractivity contribution in [3.05, 3.63) is 107 Å². The van der Waals surface area contributed by atoms with Crippen molar-refractivity contribution in [2.24, 2.45) is 0 Å². The van der Waals surface area contributed by atoms with Crippen LogP contribution in [0.15, 0.2) is 79.0 Å². The van der Waals surface area contributed by atoms with Gasteiger partial charge >= 0.3 is 0 Å². The predicted octanol–water partition coefficient (Wildman–Crippen LogP) is 6.13. The Hall–Kier alpha value is -3.64. The van der Waals surface area contributed by atoms with E-state index in [1.807, 2.05) is 12.3 Å². The van der Waals surface area contributed by atoms with Gasteiger partial charge in [0, 0.05) is 11.8 Å². The zero-order chi connectivity index (χ0) is 20.9. The summed E-state index contributed by atoms with van der Waals surface area (Å²) >= 11 is 0. The van der Waals surface area contributed by atoms with E-state index < -0.39 is 0 Å². The SMILES string of the molecule is CCc1cccc(CC)c1-n1cc(C#N)nc1-c1ccc(Cc2ccccc2)cc1. The minimum absolute atomic E-state index is 0.436. The highest BCUT2D eigenvalue weighted by atomic mass is 15.1. The molecule has 4 rings (SSSR count). The van der Waals surface area contributed by atoms with Gasteiger partial charge in [0.05, 0.1) is 5.69 Å². The number of hydrogen-bond donors (Lipinski definition) is 0. The van der Waals surface area contributed by atoms with Crippen molar-refractivity contribution < 1.29 is 0 Å². The molecule has 0 aliphatic carbocycles. The van der Waals surface area contributed by atoms with Gasteiger partial charge in [-0.3, -0.25) is 4.57 Å². The Balaban J connectivity index is 1.76. The van der Waals surface area contributed by atoms with Crippen LogP contribution in [-0.4, -0.2) is 9.55 Å². The van der Waals surface area contributed by atoms with Gasteiger partial charge < -0.3 is 0 Å². The molecule has 0 N–H and O–H groups in total. The molecule has 0 bridgehead atoms. The Labute approximate surface area is 178 Å². The molecule has 3 heteroatoms. The van der Waals surface area contributed by atoms with Gasteiger partial charge in [-0.25, -0.2) is 4.98 Å². The fourth-order valence-corrected chi connectivity index (χ4v) is 3.94. The van der Waals surface area contributed by atoms with Crippen LogP contribution in [0.5, 0.6) is 0 Å². The van der Waals surface area contributed by atoms with Crippen LogP contribution in [0.25, 0.3) is 17.1 Å².